The fraction of sp³-hybridized carbons (Fsp3) is 0.556. The number of amides is 1. The van der Waals surface area contributed by atoms with E-state index in [1.807, 2.05) is 24.0 Å². The highest BCUT2D eigenvalue weighted by molar-refractivity contribution is 6.30. The van der Waals surface area contributed by atoms with E-state index in [4.69, 9.17) is 16.3 Å². The summed E-state index contributed by atoms with van der Waals surface area (Å²) in [6, 6.07) is 5.55. The van der Waals surface area contributed by atoms with E-state index in [0.717, 1.165) is 56.3 Å². The van der Waals surface area contributed by atoms with Gasteiger partial charge in [0.25, 0.3) is 0 Å². The molecule has 0 radical (unpaired) electrons. The molecule has 1 aliphatic rings. The summed E-state index contributed by atoms with van der Waals surface area (Å²) in [5.41, 5.74) is 0.978. The van der Waals surface area contributed by atoms with Crippen molar-refractivity contribution in [3.05, 3.63) is 28.8 Å². The van der Waals surface area contributed by atoms with Crippen LogP contribution in [0.25, 0.3) is 0 Å². The van der Waals surface area contributed by atoms with Crippen LogP contribution in [-0.4, -0.2) is 50.1 Å². The van der Waals surface area contributed by atoms with Crippen molar-refractivity contribution < 1.29 is 9.53 Å². The number of halogens is 1. The molecule has 0 bridgehead atoms. The molecule has 1 aromatic rings. The number of carbonyl (C=O) groups is 1. The third-order valence-corrected chi connectivity index (χ3v) is 4.30. The predicted octanol–water partition coefficient (Wildman–Crippen LogP) is 2.42. The lowest BCUT2D eigenvalue weighted by molar-refractivity contribution is -0.127. The normalized spacial score (nSPS) is 14.8. The van der Waals surface area contributed by atoms with Crippen LogP contribution in [0.2, 0.25) is 5.02 Å². The summed E-state index contributed by atoms with van der Waals surface area (Å²) in [5.74, 6) is 1.77. The third kappa shape index (κ3) is 6.12. The zero-order chi connectivity index (χ0) is 18.1. The first-order chi connectivity index (χ1) is 12.1. The molecule has 1 heterocycles. The quantitative estimate of drug-likeness (QED) is 0.421. The van der Waals surface area contributed by atoms with Gasteiger partial charge in [0.15, 0.2) is 5.96 Å². The second kappa shape index (κ2) is 10.1. The SMILES string of the molecule is CCNC(=NCc1ccc(Cl)cc1OC)NCCCN1CCCC1=O. The molecule has 1 aliphatic heterocycles. The molecule has 2 N–H and O–H groups in total. The molecule has 0 atom stereocenters. The summed E-state index contributed by atoms with van der Waals surface area (Å²) >= 11 is 5.99. The van der Waals surface area contributed by atoms with Gasteiger partial charge in [0, 0.05) is 43.2 Å². The Balaban J connectivity index is 1.84. The molecule has 0 spiro atoms. The number of hydrogen-bond acceptors (Lipinski definition) is 3. The van der Waals surface area contributed by atoms with Gasteiger partial charge in [-0.15, -0.1) is 0 Å². The van der Waals surface area contributed by atoms with Gasteiger partial charge >= 0.3 is 0 Å². The van der Waals surface area contributed by atoms with E-state index in [9.17, 15) is 4.79 Å². The third-order valence-electron chi connectivity index (χ3n) is 4.07. The topological polar surface area (TPSA) is 66.0 Å². The molecule has 1 fully saturated rings. The Morgan fingerprint density at radius 3 is 2.92 bits per heavy atom. The van der Waals surface area contributed by atoms with Crippen LogP contribution in [0.1, 0.15) is 31.7 Å². The van der Waals surface area contributed by atoms with Crippen LogP contribution in [0.3, 0.4) is 0 Å². The number of guanidine groups is 1. The van der Waals surface area contributed by atoms with Crippen molar-refractivity contribution in [3.8, 4) is 5.75 Å². The first kappa shape index (κ1) is 19.4. The zero-order valence-electron chi connectivity index (χ0n) is 15.0. The standard InChI is InChI=1S/C18H27ClN4O2/c1-3-20-18(21-9-5-11-23-10-4-6-17(23)24)22-13-14-7-8-15(19)12-16(14)25-2/h7-8,12H,3-6,9-11,13H2,1-2H3,(H2,20,21,22). The lowest BCUT2D eigenvalue weighted by Crippen LogP contribution is -2.39. The molecule has 138 valence electrons. The molecule has 1 amide bonds. The molecule has 7 heteroatoms. The maximum Gasteiger partial charge on any atom is 0.222 e. The van der Waals surface area contributed by atoms with Gasteiger partial charge in [-0.2, -0.15) is 0 Å². The van der Waals surface area contributed by atoms with Gasteiger partial charge < -0.3 is 20.3 Å². The van der Waals surface area contributed by atoms with Crippen molar-refractivity contribution in [2.75, 3.05) is 33.3 Å². The van der Waals surface area contributed by atoms with Gasteiger partial charge in [0.2, 0.25) is 5.91 Å². The molecule has 0 saturated carbocycles. The fourth-order valence-electron chi connectivity index (χ4n) is 2.77. The Bertz CT molecular complexity index is 607. The molecule has 6 nitrogen and oxygen atoms in total. The molecule has 1 saturated heterocycles. The smallest absolute Gasteiger partial charge is 0.222 e. The number of likely N-dealkylation sites (tertiary alicyclic amines) is 1. The second-order valence-electron chi connectivity index (χ2n) is 5.92. The van der Waals surface area contributed by atoms with Gasteiger partial charge in [0.1, 0.15) is 5.75 Å². The first-order valence-corrected chi connectivity index (χ1v) is 9.14. The zero-order valence-corrected chi connectivity index (χ0v) is 15.7. The Kier molecular flexibility index (Phi) is 7.85. The highest BCUT2D eigenvalue weighted by Gasteiger charge is 2.18. The largest absolute Gasteiger partial charge is 0.496 e. The van der Waals surface area contributed by atoms with Gasteiger partial charge in [-0.05, 0) is 31.9 Å². The number of nitrogens with one attached hydrogen (secondary N) is 2. The van der Waals surface area contributed by atoms with E-state index < -0.39 is 0 Å². The van der Waals surface area contributed by atoms with Crippen molar-refractivity contribution in [2.24, 2.45) is 4.99 Å². The molecule has 0 aromatic heterocycles. The number of aliphatic imine (C=N–C) groups is 1. The van der Waals surface area contributed by atoms with Crippen molar-refractivity contribution in [3.63, 3.8) is 0 Å². The Morgan fingerprint density at radius 1 is 1.40 bits per heavy atom. The lowest BCUT2D eigenvalue weighted by Gasteiger charge is -2.16. The van der Waals surface area contributed by atoms with E-state index in [0.29, 0.717) is 18.0 Å². The number of nitrogens with zero attached hydrogens (tertiary/aromatic N) is 2. The number of ether oxygens (including phenoxy) is 1. The molecule has 0 aliphatic carbocycles. The molecule has 0 unspecified atom stereocenters. The summed E-state index contributed by atoms with van der Waals surface area (Å²) in [6.07, 6.45) is 2.58. The van der Waals surface area contributed by atoms with Crippen LogP contribution in [0, 0.1) is 0 Å². The van der Waals surface area contributed by atoms with Gasteiger partial charge in [-0.1, -0.05) is 17.7 Å². The summed E-state index contributed by atoms with van der Waals surface area (Å²) < 4.78 is 5.35. The van der Waals surface area contributed by atoms with E-state index in [-0.39, 0.29) is 5.91 Å². The number of carbonyl (C=O) groups excluding carboxylic acids is 1. The van der Waals surface area contributed by atoms with Crippen LogP contribution in [0.4, 0.5) is 0 Å². The minimum atomic E-state index is 0.274. The monoisotopic (exact) mass is 366 g/mol. The molecule has 2 rings (SSSR count). The second-order valence-corrected chi connectivity index (χ2v) is 6.35. The Morgan fingerprint density at radius 2 is 2.24 bits per heavy atom. The first-order valence-electron chi connectivity index (χ1n) is 8.76. The number of hydrogen-bond donors (Lipinski definition) is 2. The minimum Gasteiger partial charge on any atom is -0.496 e. The van der Waals surface area contributed by atoms with E-state index >= 15 is 0 Å². The van der Waals surface area contributed by atoms with Crippen molar-refractivity contribution in [1.29, 1.82) is 0 Å². The molecular weight excluding hydrogens is 340 g/mol. The van der Waals surface area contributed by atoms with Crippen LogP contribution in [0.15, 0.2) is 23.2 Å². The predicted molar refractivity (Wildman–Crippen MR) is 101 cm³/mol. The average Bonchev–Trinajstić information content (AvgIpc) is 3.02. The molecule has 1 aromatic carbocycles. The van der Waals surface area contributed by atoms with Crippen LogP contribution >= 0.6 is 11.6 Å². The van der Waals surface area contributed by atoms with Gasteiger partial charge in [-0.3, -0.25) is 4.79 Å². The van der Waals surface area contributed by atoms with E-state index in [1.54, 1.807) is 13.2 Å². The highest BCUT2D eigenvalue weighted by Crippen LogP contribution is 2.23. The average molecular weight is 367 g/mol. The highest BCUT2D eigenvalue weighted by atomic mass is 35.5. The Labute approximate surface area is 154 Å². The van der Waals surface area contributed by atoms with E-state index in [2.05, 4.69) is 15.6 Å². The van der Waals surface area contributed by atoms with Crippen molar-refractivity contribution >= 4 is 23.5 Å². The van der Waals surface area contributed by atoms with Crippen LogP contribution < -0.4 is 15.4 Å². The molecular formula is C18H27ClN4O2. The van der Waals surface area contributed by atoms with E-state index in [1.165, 1.54) is 0 Å². The minimum absolute atomic E-state index is 0.274. The summed E-state index contributed by atoms with van der Waals surface area (Å²) in [7, 11) is 1.63. The molecule has 25 heavy (non-hydrogen) atoms. The summed E-state index contributed by atoms with van der Waals surface area (Å²) in [6.45, 7) is 5.78. The van der Waals surface area contributed by atoms with Gasteiger partial charge in [-0.25, -0.2) is 4.99 Å². The number of benzene rings is 1. The van der Waals surface area contributed by atoms with Gasteiger partial charge in [0.05, 0.1) is 13.7 Å². The van der Waals surface area contributed by atoms with Crippen molar-refractivity contribution in [1.82, 2.24) is 15.5 Å². The van der Waals surface area contributed by atoms with Crippen LogP contribution in [-0.2, 0) is 11.3 Å². The number of methoxy groups -OCH3 is 1. The summed E-state index contributed by atoms with van der Waals surface area (Å²) in [4.78, 5) is 18.1. The van der Waals surface area contributed by atoms with Crippen molar-refractivity contribution in [2.45, 2.75) is 32.7 Å². The maximum absolute atomic E-state index is 11.6. The number of rotatable bonds is 8. The lowest BCUT2D eigenvalue weighted by atomic mass is 10.2. The summed E-state index contributed by atoms with van der Waals surface area (Å²) in [5, 5.41) is 7.19. The maximum atomic E-state index is 11.6. The van der Waals surface area contributed by atoms with Crippen LogP contribution in [0.5, 0.6) is 5.75 Å². The Hall–Kier alpha value is -1.95. The fourth-order valence-corrected chi connectivity index (χ4v) is 2.93.